The van der Waals surface area contributed by atoms with Crippen molar-refractivity contribution in [3.8, 4) is 39.8 Å². The summed E-state index contributed by atoms with van der Waals surface area (Å²) in [7, 11) is -4.85. The summed E-state index contributed by atoms with van der Waals surface area (Å²) in [5.41, 5.74) is 7.08. The van der Waals surface area contributed by atoms with Gasteiger partial charge in [-0.2, -0.15) is 45.0 Å². The summed E-state index contributed by atoms with van der Waals surface area (Å²) in [5, 5.41) is 42.7. The Bertz CT molecular complexity index is 3550. The van der Waals surface area contributed by atoms with Gasteiger partial charge in [-0.1, -0.05) is 18.2 Å². The van der Waals surface area contributed by atoms with E-state index < -0.39 is 56.3 Å². The van der Waals surface area contributed by atoms with Crippen molar-refractivity contribution in [1.29, 1.82) is 0 Å². The first-order valence-corrected chi connectivity index (χ1v) is 22.8. The number of halogens is 6. The number of hydrogen-bond donors (Lipinski definition) is 6. The first-order valence-electron chi connectivity index (χ1n) is 21.4. The second kappa shape index (κ2) is 21.3. The Balaban J connectivity index is 1.10. The van der Waals surface area contributed by atoms with Crippen LogP contribution in [0.2, 0.25) is 0 Å². The average Bonchev–Trinajstić information content (AvgIpc) is 3.36. The maximum absolute atomic E-state index is 13.2. The topological polar surface area (TPSA) is 272 Å². The number of phenolic OH excluding ortho intramolecular Hbond substituents is 1. The average molecular weight is 1040 g/mol. The number of aromatic nitrogens is 4. The molecule has 0 amide bonds. The lowest BCUT2D eigenvalue weighted by Crippen LogP contribution is -2.32. The summed E-state index contributed by atoms with van der Waals surface area (Å²) in [6.07, 6.45) is -6.51. The number of phenols is 1. The molecule has 0 saturated heterocycles. The third-order valence-electron chi connectivity index (χ3n) is 10.5. The van der Waals surface area contributed by atoms with Crippen LogP contribution in [0, 0.1) is 0 Å². The molecule has 0 aliphatic rings. The number of nitrogens with zero attached hydrogens (tertiary/aromatic N) is 8. The minimum atomic E-state index is -4.85. The number of aliphatic carboxylic acids is 1. The molecule has 2 aromatic heterocycles. The second-order valence-electron chi connectivity index (χ2n) is 15.7. The Kier molecular flexibility index (Phi) is 14.7. The van der Waals surface area contributed by atoms with Crippen LogP contribution >= 0.6 is 0 Å². The Labute approximate surface area is 414 Å². The van der Waals surface area contributed by atoms with E-state index in [0.717, 1.165) is 36.4 Å². The molecule has 0 radical (unpaired) electrons. The molecule has 0 aliphatic carbocycles. The molecule has 0 spiro atoms. The number of azo groups is 2. The lowest BCUT2D eigenvalue weighted by atomic mass is 10.0. The lowest BCUT2D eigenvalue weighted by Gasteiger charge is -2.15. The zero-order valence-electron chi connectivity index (χ0n) is 37.5. The largest absolute Gasteiger partial charge is 0.506 e. The van der Waals surface area contributed by atoms with Crippen molar-refractivity contribution < 1.29 is 59.1 Å². The predicted octanol–water partition coefficient (Wildman–Crippen LogP) is 12.7. The number of benzene rings is 6. The fraction of sp³-hybridized carbons (Fsp3) is 0.0816. The van der Waals surface area contributed by atoms with E-state index in [1.54, 1.807) is 36.4 Å². The van der Waals surface area contributed by atoms with Gasteiger partial charge in [0.25, 0.3) is 10.1 Å². The molecule has 0 unspecified atom stereocenters. The minimum absolute atomic E-state index is 0.0411. The van der Waals surface area contributed by atoms with Crippen LogP contribution < -0.4 is 21.1 Å². The van der Waals surface area contributed by atoms with Crippen LogP contribution in [-0.4, -0.2) is 55.1 Å². The van der Waals surface area contributed by atoms with Gasteiger partial charge in [0.15, 0.2) is 0 Å². The van der Waals surface area contributed by atoms with Crippen LogP contribution in [0.5, 0.6) is 17.2 Å². The van der Waals surface area contributed by atoms with Gasteiger partial charge < -0.3 is 31.3 Å². The number of nitrogens with two attached hydrogens (primary N) is 1. The number of hydrogen-bond acceptors (Lipinski definition) is 16. The van der Waals surface area contributed by atoms with E-state index >= 15 is 0 Å². The van der Waals surface area contributed by atoms with Crippen molar-refractivity contribution >= 4 is 62.1 Å². The molecule has 0 saturated carbocycles. The summed E-state index contributed by atoms with van der Waals surface area (Å²) in [6.45, 7) is 0. The molecule has 18 nitrogen and oxygen atoms in total. The number of aromatic hydroxyl groups is 1. The van der Waals surface area contributed by atoms with E-state index in [0.29, 0.717) is 22.6 Å². The van der Waals surface area contributed by atoms with E-state index in [1.807, 2.05) is 0 Å². The monoisotopic (exact) mass is 1040 g/mol. The van der Waals surface area contributed by atoms with Crippen molar-refractivity contribution in [1.82, 2.24) is 19.9 Å². The van der Waals surface area contributed by atoms with Crippen molar-refractivity contribution in [3.63, 3.8) is 0 Å². The highest BCUT2D eigenvalue weighted by atomic mass is 32.2. The van der Waals surface area contributed by atoms with Crippen LogP contribution in [0.3, 0.4) is 0 Å². The van der Waals surface area contributed by atoms with Gasteiger partial charge in [0.2, 0.25) is 11.9 Å². The number of carboxylic acid groups (broad SMARTS) is 1. The molecule has 0 aliphatic heterocycles. The van der Waals surface area contributed by atoms with E-state index in [4.69, 9.17) is 10.5 Å². The Morgan fingerprint density at radius 3 is 1.73 bits per heavy atom. The number of anilines is 4. The second-order valence-corrected chi connectivity index (χ2v) is 17.1. The number of nitrogens with one attached hydrogen (secondary N) is 2. The smallest absolute Gasteiger partial charge is 0.416 e. The summed E-state index contributed by atoms with van der Waals surface area (Å²) in [5.74, 6) is -1.72. The van der Waals surface area contributed by atoms with Gasteiger partial charge in [-0.3, -0.25) is 9.35 Å². The molecule has 0 bridgehead atoms. The summed E-state index contributed by atoms with van der Waals surface area (Å²) < 4.78 is 119. The van der Waals surface area contributed by atoms with Gasteiger partial charge >= 0.3 is 18.3 Å². The van der Waals surface area contributed by atoms with Crippen molar-refractivity contribution in [2.45, 2.75) is 29.7 Å². The molecular formula is C49H35F6N11O7S. The fourth-order valence-corrected chi connectivity index (χ4v) is 7.46. The number of rotatable bonds is 16. The summed E-state index contributed by atoms with van der Waals surface area (Å²) in [6, 6.07) is 29.1. The minimum Gasteiger partial charge on any atom is -0.506 e. The normalized spacial score (nSPS) is 12.5. The highest BCUT2D eigenvalue weighted by Crippen LogP contribution is 2.40. The zero-order valence-corrected chi connectivity index (χ0v) is 38.3. The molecule has 25 heteroatoms. The molecule has 6 aromatic carbocycles. The third-order valence-corrected chi connectivity index (χ3v) is 11.4. The van der Waals surface area contributed by atoms with Gasteiger partial charge in [-0.15, -0.1) is 10.2 Å². The maximum Gasteiger partial charge on any atom is 0.416 e. The van der Waals surface area contributed by atoms with Crippen molar-refractivity contribution in [2.24, 2.45) is 26.2 Å². The van der Waals surface area contributed by atoms with E-state index in [9.17, 15) is 54.3 Å². The van der Waals surface area contributed by atoms with Crippen LogP contribution in [0.25, 0.3) is 22.5 Å². The lowest BCUT2D eigenvalue weighted by molar-refractivity contribution is -0.139. The fourth-order valence-electron chi connectivity index (χ4n) is 6.86. The van der Waals surface area contributed by atoms with Crippen LogP contribution in [0.4, 0.5) is 72.4 Å². The maximum atomic E-state index is 13.2. The SMILES string of the molecule is N[C@H](Cc1cc(/N=N/c2ccccc2-c2ccnc(Nc3ccc(C(F)(F)F)cc3)n2)ccc1Oc1ccc(/N=N/c2ccc(O)c(S(=O)(=O)O)c2)c(-c2ccnc(Nc3ccc(C(F)(F)F)cc3)n2)c1)C(=O)O. The summed E-state index contributed by atoms with van der Waals surface area (Å²) in [4.78, 5) is 28.6. The van der Waals surface area contributed by atoms with Crippen molar-refractivity contribution in [3.05, 3.63) is 169 Å². The quantitative estimate of drug-likeness (QED) is 0.0298. The molecule has 74 heavy (non-hydrogen) atoms. The summed E-state index contributed by atoms with van der Waals surface area (Å²) >= 11 is 0. The van der Waals surface area contributed by atoms with Crippen LogP contribution in [0.1, 0.15) is 16.7 Å². The molecule has 8 rings (SSSR count). The van der Waals surface area contributed by atoms with Crippen LogP contribution in [-0.2, 0) is 33.7 Å². The van der Waals surface area contributed by atoms with Crippen molar-refractivity contribution in [2.75, 3.05) is 10.6 Å². The molecule has 8 aromatic rings. The number of alkyl halides is 6. The zero-order chi connectivity index (χ0) is 52.8. The standard InChI is InChI=1S/C49H35F6N11O7S/c50-48(51,52)28-5-9-30(10-6-28)59-46-57-21-19-38(61-46)35-3-1-2-4-40(35)65-63-32-14-18-43(27(23-32)24-37(56)45(68)69)73-34-15-16-41(66-64-33-13-17-42(67)44(25-33)74(70,71)72)36(26-34)39-20-22-58-47(62-39)60-31-11-7-29(8-12-31)49(53,54)55/h1-23,25-26,37,67H,24,56H2,(H,68,69)(H,57,59,61)(H,58,60,62)(H,70,71,72)/b65-63+,66-64+/t37-/m1/s1. The van der Waals surface area contributed by atoms with Crippen LogP contribution in [0.15, 0.2) is 177 Å². The molecule has 0 fully saturated rings. The first kappa shape index (κ1) is 51.2. The molecule has 1 atom stereocenters. The highest BCUT2D eigenvalue weighted by molar-refractivity contribution is 7.86. The van der Waals surface area contributed by atoms with E-state index in [1.165, 1.54) is 79.1 Å². The molecular weight excluding hydrogens is 1000 g/mol. The number of carbonyl (C=O) groups is 1. The van der Waals surface area contributed by atoms with Gasteiger partial charge in [0.1, 0.15) is 28.2 Å². The predicted molar refractivity (Wildman–Crippen MR) is 256 cm³/mol. The number of ether oxygens (including phenoxy) is 1. The molecule has 376 valence electrons. The third kappa shape index (κ3) is 12.8. The van der Waals surface area contributed by atoms with E-state index in [-0.39, 0.29) is 69.4 Å². The van der Waals surface area contributed by atoms with Gasteiger partial charge in [-0.05, 0) is 127 Å². The highest BCUT2D eigenvalue weighted by Gasteiger charge is 2.31. The Morgan fingerprint density at radius 1 is 0.649 bits per heavy atom. The molecule has 2 heterocycles. The molecule has 7 N–H and O–H groups in total. The Morgan fingerprint density at radius 2 is 1.18 bits per heavy atom. The van der Waals surface area contributed by atoms with Gasteiger partial charge in [0, 0.05) is 41.3 Å². The number of carboxylic acids is 1. The van der Waals surface area contributed by atoms with Gasteiger partial charge in [-0.25, -0.2) is 19.9 Å². The first-order chi connectivity index (χ1) is 35.2. The van der Waals surface area contributed by atoms with Gasteiger partial charge in [0.05, 0.1) is 45.3 Å². The Hall–Kier alpha value is -9.20. The van der Waals surface area contributed by atoms with E-state index in [2.05, 4.69) is 51.0 Å².